The number of methoxy groups -OCH3 is 1. The van der Waals surface area contributed by atoms with E-state index < -0.39 is 11.6 Å². The van der Waals surface area contributed by atoms with Crippen LogP contribution in [0.2, 0.25) is 5.15 Å². The van der Waals surface area contributed by atoms with Gasteiger partial charge in [-0.25, -0.2) is 9.59 Å². The lowest BCUT2D eigenvalue weighted by Gasteiger charge is -2.36. The van der Waals surface area contributed by atoms with E-state index in [1.807, 2.05) is 25.7 Å². The van der Waals surface area contributed by atoms with Gasteiger partial charge in [0.2, 0.25) is 0 Å². The van der Waals surface area contributed by atoms with Crippen LogP contribution in [0, 0.1) is 0 Å². The Kier molecular flexibility index (Phi) is 5.48. The molecule has 0 radical (unpaired) electrons. The molecular weight excluding hydrogens is 336 g/mol. The number of nitrogens with zero attached hydrogens (tertiary/aromatic N) is 4. The molecule has 0 aromatic carbocycles. The van der Waals surface area contributed by atoms with Gasteiger partial charge in [-0.1, -0.05) is 11.6 Å². The number of halogens is 1. The van der Waals surface area contributed by atoms with Crippen LogP contribution in [-0.2, 0) is 9.47 Å². The van der Waals surface area contributed by atoms with Crippen LogP contribution in [0.3, 0.4) is 0 Å². The van der Waals surface area contributed by atoms with Crippen molar-refractivity contribution in [2.24, 2.45) is 0 Å². The molecule has 1 aliphatic heterocycles. The van der Waals surface area contributed by atoms with E-state index in [-0.39, 0.29) is 16.8 Å². The van der Waals surface area contributed by atoms with Crippen molar-refractivity contribution in [1.29, 1.82) is 0 Å². The lowest BCUT2D eigenvalue weighted by atomic mass is 10.2. The van der Waals surface area contributed by atoms with E-state index in [1.54, 1.807) is 4.90 Å². The van der Waals surface area contributed by atoms with E-state index in [2.05, 4.69) is 10.2 Å². The Morgan fingerprint density at radius 1 is 1.17 bits per heavy atom. The summed E-state index contributed by atoms with van der Waals surface area (Å²) < 4.78 is 10.1. The molecule has 0 aliphatic carbocycles. The van der Waals surface area contributed by atoms with Crippen molar-refractivity contribution < 1.29 is 19.1 Å². The van der Waals surface area contributed by atoms with E-state index in [4.69, 9.17) is 21.1 Å². The van der Waals surface area contributed by atoms with Gasteiger partial charge >= 0.3 is 12.1 Å². The van der Waals surface area contributed by atoms with E-state index in [1.165, 1.54) is 13.2 Å². The molecule has 1 amide bonds. The minimum absolute atomic E-state index is 0.117. The largest absolute Gasteiger partial charge is 0.465 e. The first kappa shape index (κ1) is 18.3. The SMILES string of the molecule is COC(=O)c1cc(Cl)nnc1N1CCN(C(=O)OC(C)(C)C)CC1. The summed E-state index contributed by atoms with van der Waals surface area (Å²) in [5, 5.41) is 7.92. The fourth-order valence-corrected chi connectivity index (χ4v) is 2.43. The third-order valence-corrected chi connectivity index (χ3v) is 3.57. The van der Waals surface area contributed by atoms with Crippen LogP contribution >= 0.6 is 11.6 Å². The van der Waals surface area contributed by atoms with E-state index in [9.17, 15) is 9.59 Å². The molecule has 0 unspecified atom stereocenters. The molecule has 2 heterocycles. The molecule has 2 rings (SSSR count). The van der Waals surface area contributed by atoms with Gasteiger partial charge in [-0.3, -0.25) is 0 Å². The summed E-state index contributed by atoms with van der Waals surface area (Å²) in [7, 11) is 1.29. The second-order valence-electron chi connectivity index (χ2n) is 6.35. The zero-order chi connectivity index (χ0) is 17.9. The molecule has 1 saturated heterocycles. The number of carbonyl (C=O) groups is 2. The fourth-order valence-electron chi connectivity index (χ4n) is 2.28. The molecule has 9 heteroatoms. The van der Waals surface area contributed by atoms with Gasteiger partial charge in [-0.15, -0.1) is 10.2 Å². The van der Waals surface area contributed by atoms with Gasteiger partial charge in [0.25, 0.3) is 0 Å². The Morgan fingerprint density at radius 3 is 2.33 bits per heavy atom. The number of carbonyl (C=O) groups excluding carboxylic acids is 2. The van der Waals surface area contributed by atoms with Gasteiger partial charge in [-0.05, 0) is 26.8 Å². The highest BCUT2D eigenvalue weighted by molar-refractivity contribution is 6.29. The van der Waals surface area contributed by atoms with Gasteiger partial charge in [0.05, 0.1) is 7.11 Å². The van der Waals surface area contributed by atoms with Crippen LogP contribution in [0.25, 0.3) is 0 Å². The second-order valence-corrected chi connectivity index (χ2v) is 6.74. The summed E-state index contributed by atoms with van der Waals surface area (Å²) >= 11 is 5.81. The number of hydrogen-bond donors (Lipinski definition) is 0. The van der Waals surface area contributed by atoms with Crippen LogP contribution in [-0.4, -0.2) is 66.0 Å². The van der Waals surface area contributed by atoms with E-state index in [0.717, 1.165) is 0 Å². The van der Waals surface area contributed by atoms with E-state index in [0.29, 0.717) is 32.0 Å². The van der Waals surface area contributed by atoms with Gasteiger partial charge in [0.15, 0.2) is 11.0 Å². The summed E-state index contributed by atoms with van der Waals surface area (Å²) in [6.07, 6.45) is -0.350. The number of esters is 1. The van der Waals surface area contributed by atoms with Crippen molar-refractivity contribution in [2.45, 2.75) is 26.4 Å². The number of rotatable bonds is 2. The van der Waals surface area contributed by atoms with Crippen molar-refractivity contribution in [2.75, 3.05) is 38.2 Å². The van der Waals surface area contributed by atoms with Crippen molar-refractivity contribution in [1.82, 2.24) is 15.1 Å². The molecule has 132 valence electrons. The van der Waals surface area contributed by atoms with Gasteiger partial charge in [0, 0.05) is 26.2 Å². The smallest absolute Gasteiger partial charge is 0.410 e. The second kappa shape index (κ2) is 7.21. The summed E-state index contributed by atoms with van der Waals surface area (Å²) in [5.41, 5.74) is -0.281. The molecule has 1 fully saturated rings. The number of aromatic nitrogens is 2. The highest BCUT2D eigenvalue weighted by atomic mass is 35.5. The van der Waals surface area contributed by atoms with Crippen molar-refractivity contribution in [3.8, 4) is 0 Å². The maximum absolute atomic E-state index is 12.1. The molecule has 0 N–H and O–H groups in total. The summed E-state index contributed by atoms with van der Waals surface area (Å²) in [6.45, 7) is 7.39. The monoisotopic (exact) mass is 356 g/mol. The number of anilines is 1. The van der Waals surface area contributed by atoms with Crippen LogP contribution in [0.1, 0.15) is 31.1 Å². The van der Waals surface area contributed by atoms with Gasteiger partial charge in [-0.2, -0.15) is 0 Å². The predicted molar refractivity (Wildman–Crippen MR) is 88.4 cm³/mol. The topological polar surface area (TPSA) is 84.9 Å². The molecule has 8 nitrogen and oxygen atoms in total. The molecule has 0 saturated carbocycles. The van der Waals surface area contributed by atoms with Gasteiger partial charge in [0.1, 0.15) is 11.2 Å². The first-order valence-electron chi connectivity index (χ1n) is 7.55. The number of ether oxygens (including phenoxy) is 2. The molecule has 24 heavy (non-hydrogen) atoms. The third-order valence-electron chi connectivity index (χ3n) is 3.38. The maximum atomic E-state index is 12.1. The van der Waals surface area contributed by atoms with Crippen LogP contribution in [0.4, 0.5) is 10.6 Å². The molecule has 1 aromatic heterocycles. The lowest BCUT2D eigenvalue weighted by Crippen LogP contribution is -2.50. The molecular formula is C15H21ClN4O4. The Balaban J connectivity index is 2.07. The molecule has 0 spiro atoms. The number of piperazine rings is 1. The first-order chi connectivity index (χ1) is 11.2. The van der Waals surface area contributed by atoms with Crippen molar-refractivity contribution in [3.63, 3.8) is 0 Å². The fraction of sp³-hybridized carbons (Fsp3) is 0.600. The van der Waals surface area contributed by atoms with E-state index >= 15 is 0 Å². The molecule has 1 aromatic rings. The zero-order valence-corrected chi connectivity index (χ0v) is 15.0. The molecule has 0 atom stereocenters. The Hall–Kier alpha value is -2.09. The third kappa shape index (κ3) is 4.47. The average molecular weight is 357 g/mol. The highest BCUT2D eigenvalue weighted by Gasteiger charge is 2.28. The van der Waals surface area contributed by atoms with Crippen molar-refractivity contribution in [3.05, 3.63) is 16.8 Å². The number of hydrogen-bond acceptors (Lipinski definition) is 7. The molecule has 1 aliphatic rings. The minimum atomic E-state index is -0.534. The molecule has 0 bridgehead atoms. The van der Waals surface area contributed by atoms with Crippen LogP contribution in [0.5, 0.6) is 0 Å². The summed E-state index contributed by atoms with van der Waals surface area (Å²) in [5.74, 6) is -0.133. The van der Waals surface area contributed by atoms with Crippen LogP contribution in [0.15, 0.2) is 6.07 Å². The van der Waals surface area contributed by atoms with Gasteiger partial charge < -0.3 is 19.3 Å². The Labute approximate surface area is 145 Å². The summed E-state index contributed by atoms with van der Waals surface area (Å²) in [4.78, 5) is 27.5. The standard InChI is InChI=1S/C15H21ClN4O4/c1-15(2,3)24-14(22)20-7-5-19(6-8-20)12-10(13(21)23-4)9-11(16)17-18-12/h9H,5-8H2,1-4H3. The average Bonchev–Trinajstić information content (AvgIpc) is 2.52. The van der Waals surface area contributed by atoms with Crippen molar-refractivity contribution >= 4 is 29.5 Å². The zero-order valence-electron chi connectivity index (χ0n) is 14.2. The van der Waals surface area contributed by atoms with Crippen LogP contribution < -0.4 is 4.90 Å². The number of amides is 1. The lowest BCUT2D eigenvalue weighted by molar-refractivity contribution is 0.0239. The minimum Gasteiger partial charge on any atom is -0.465 e. The summed E-state index contributed by atoms with van der Waals surface area (Å²) in [6, 6.07) is 1.43. The predicted octanol–water partition coefficient (Wildman–Crippen LogP) is 1.97. The first-order valence-corrected chi connectivity index (χ1v) is 7.93. The Morgan fingerprint density at radius 2 is 1.79 bits per heavy atom. The maximum Gasteiger partial charge on any atom is 0.410 e. The Bertz CT molecular complexity index is 624. The highest BCUT2D eigenvalue weighted by Crippen LogP contribution is 2.22. The quantitative estimate of drug-likeness (QED) is 0.749. The normalized spacial score (nSPS) is 15.2.